The van der Waals surface area contributed by atoms with Gasteiger partial charge in [-0.25, -0.2) is 9.97 Å². The van der Waals surface area contributed by atoms with E-state index in [0.29, 0.717) is 13.1 Å². The first-order valence-corrected chi connectivity index (χ1v) is 9.10. The molecule has 0 aliphatic heterocycles. The van der Waals surface area contributed by atoms with Gasteiger partial charge in [0, 0.05) is 33.7 Å². The minimum atomic E-state index is 0. The first kappa shape index (κ1) is 21.9. The van der Waals surface area contributed by atoms with Crippen molar-refractivity contribution in [3.05, 3.63) is 47.9 Å². The minimum Gasteiger partial charge on any atom is -0.368 e. The average Bonchev–Trinajstić information content (AvgIpc) is 3.09. The van der Waals surface area contributed by atoms with Gasteiger partial charge in [0.25, 0.3) is 0 Å². The number of fused-ring (bicyclic) bond motifs is 1. The predicted molar refractivity (Wildman–Crippen MR) is 124 cm³/mol. The number of hydrogen-bond acceptors (Lipinski definition) is 5. The van der Waals surface area contributed by atoms with Crippen LogP contribution in [0.3, 0.4) is 0 Å². The summed E-state index contributed by atoms with van der Waals surface area (Å²) in [4.78, 5) is 12.8. The topological polar surface area (TPSA) is 92.1 Å². The Morgan fingerprint density at radius 1 is 1.11 bits per heavy atom. The molecule has 0 saturated heterocycles. The fourth-order valence-corrected chi connectivity index (χ4v) is 2.94. The Labute approximate surface area is 182 Å². The van der Waals surface area contributed by atoms with Crippen molar-refractivity contribution >= 4 is 46.8 Å². The van der Waals surface area contributed by atoms with Crippen LogP contribution in [0.25, 0.3) is 11.0 Å². The molecule has 9 heteroatoms. The van der Waals surface area contributed by atoms with Gasteiger partial charge in [0.05, 0.1) is 11.6 Å². The van der Waals surface area contributed by atoms with Crippen LogP contribution in [0.5, 0.6) is 0 Å². The number of aryl methyl sites for hydroxylation is 2. The molecule has 150 valence electrons. The Morgan fingerprint density at radius 2 is 1.89 bits per heavy atom. The number of halogens is 1. The van der Waals surface area contributed by atoms with Gasteiger partial charge in [-0.15, -0.1) is 24.0 Å². The lowest BCUT2D eigenvalue weighted by molar-refractivity contribution is 0.785. The summed E-state index contributed by atoms with van der Waals surface area (Å²) in [5.74, 6) is 1.56. The largest absolute Gasteiger partial charge is 0.368 e. The molecule has 0 atom stereocenters. The summed E-state index contributed by atoms with van der Waals surface area (Å²) in [5, 5.41) is 15.1. The van der Waals surface area contributed by atoms with Gasteiger partial charge in [-0.2, -0.15) is 5.10 Å². The van der Waals surface area contributed by atoms with Crippen molar-refractivity contribution < 1.29 is 0 Å². The highest BCUT2D eigenvalue weighted by Crippen LogP contribution is 2.17. The Hall–Kier alpha value is -2.43. The second-order valence-electron chi connectivity index (χ2n) is 6.13. The van der Waals surface area contributed by atoms with Crippen LogP contribution < -0.4 is 16.0 Å². The zero-order valence-corrected chi connectivity index (χ0v) is 18.8. The van der Waals surface area contributed by atoms with E-state index in [0.717, 1.165) is 35.8 Å². The van der Waals surface area contributed by atoms with Crippen molar-refractivity contribution in [1.29, 1.82) is 0 Å². The van der Waals surface area contributed by atoms with Gasteiger partial charge in [0.15, 0.2) is 11.6 Å². The van der Waals surface area contributed by atoms with Gasteiger partial charge in [-0.1, -0.05) is 31.2 Å². The number of benzene rings is 1. The second kappa shape index (κ2) is 10.8. The maximum atomic E-state index is 4.30. The molecular weight excluding hydrogens is 467 g/mol. The zero-order chi connectivity index (χ0) is 19.1. The highest BCUT2D eigenvalue weighted by molar-refractivity contribution is 14.0. The lowest BCUT2D eigenvalue weighted by Gasteiger charge is -2.14. The Morgan fingerprint density at radius 3 is 2.64 bits per heavy atom. The standard InChI is InChI=1S/C19H26N8.HI/c1-4-14-7-5-6-8-15(14)11-23-19(20-2)22-10-9-21-17-16-12-26-27(3)18(16)25-13-24-17;/h5-8,12-13H,4,9-11H2,1-3H3,(H2,20,22,23)(H,21,24,25);1H. The number of nitrogens with zero attached hydrogens (tertiary/aromatic N) is 5. The molecule has 0 aliphatic carbocycles. The quantitative estimate of drug-likeness (QED) is 0.202. The van der Waals surface area contributed by atoms with Crippen molar-refractivity contribution in [2.45, 2.75) is 19.9 Å². The minimum absolute atomic E-state index is 0. The highest BCUT2D eigenvalue weighted by Gasteiger charge is 2.07. The van der Waals surface area contributed by atoms with E-state index < -0.39 is 0 Å². The van der Waals surface area contributed by atoms with Crippen molar-refractivity contribution in [2.24, 2.45) is 12.0 Å². The van der Waals surface area contributed by atoms with Crippen LogP contribution in [-0.2, 0) is 20.0 Å². The van der Waals surface area contributed by atoms with E-state index in [1.165, 1.54) is 11.1 Å². The first-order chi connectivity index (χ1) is 13.2. The van der Waals surface area contributed by atoms with Crippen molar-refractivity contribution in [3.8, 4) is 0 Å². The van der Waals surface area contributed by atoms with E-state index in [4.69, 9.17) is 0 Å². The van der Waals surface area contributed by atoms with Crippen LogP contribution in [0.2, 0.25) is 0 Å². The third-order valence-electron chi connectivity index (χ3n) is 4.41. The molecule has 0 amide bonds. The van der Waals surface area contributed by atoms with E-state index in [1.54, 1.807) is 24.3 Å². The maximum absolute atomic E-state index is 4.30. The molecule has 2 heterocycles. The molecule has 0 fully saturated rings. The number of rotatable bonds is 7. The van der Waals surface area contributed by atoms with Gasteiger partial charge in [0.1, 0.15) is 12.1 Å². The fraction of sp³-hybridized carbons (Fsp3) is 0.368. The van der Waals surface area contributed by atoms with E-state index in [9.17, 15) is 0 Å². The molecule has 8 nitrogen and oxygen atoms in total. The molecule has 1 aromatic carbocycles. The third kappa shape index (κ3) is 5.31. The predicted octanol–water partition coefficient (Wildman–Crippen LogP) is 2.32. The van der Waals surface area contributed by atoms with E-state index >= 15 is 0 Å². The molecule has 0 unspecified atom stereocenters. The van der Waals surface area contributed by atoms with Crippen molar-refractivity contribution in [3.63, 3.8) is 0 Å². The monoisotopic (exact) mass is 494 g/mol. The van der Waals surface area contributed by atoms with Crippen LogP contribution in [-0.4, -0.2) is 45.8 Å². The Kier molecular flexibility index (Phi) is 8.42. The van der Waals surface area contributed by atoms with Gasteiger partial charge < -0.3 is 16.0 Å². The molecule has 2 aromatic heterocycles. The van der Waals surface area contributed by atoms with Crippen LogP contribution in [0.1, 0.15) is 18.1 Å². The summed E-state index contributed by atoms with van der Waals surface area (Å²) < 4.78 is 1.74. The molecule has 3 N–H and O–H groups in total. The van der Waals surface area contributed by atoms with Gasteiger partial charge in [-0.05, 0) is 17.5 Å². The number of hydrogen-bond donors (Lipinski definition) is 3. The Bertz CT molecular complexity index is 921. The normalized spacial score (nSPS) is 11.2. The second-order valence-corrected chi connectivity index (χ2v) is 6.13. The molecule has 3 aromatic rings. The lowest BCUT2D eigenvalue weighted by Crippen LogP contribution is -2.39. The smallest absolute Gasteiger partial charge is 0.191 e. The number of guanidine groups is 1. The van der Waals surface area contributed by atoms with Crippen molar-refractivity contribution in [1.82, 2.24) is 30.4 Å². The molecule has 3 rings (SSSR count). The zero-order valence-electron chi connectivity index (χ0n) is 16.4. The summed E-state index contributed by atoms with van der Waals surface area (Å²) in [5.41, 5.74) is 3.46. The van der Waals surface area contributed by atoms with Crippen LogP contribution >= 0.6 is 24.0 Å². The summed E-state index contributed by atoms with van der Waals surface area (Å²) in [6.45, 7) is 4.33. The summed E-state index contributed by atoms with van der Waals surface area (Å²) in [6.07, 6.45) is 4.34. The SMILES string of the molecule is CCc1ccccc1CNC(=NC)NCCNc1ncnc2c1cnn2C.I. The van der Waals surface area contributed by atoms with Crippen LogP contribution in [0.15, 0.2) is 41.8 Å². The van der Waals surface area contributed by atoms with Crippen molar-refractivity contribution in [2.75, 3.05) is 25.5 Å². The van der Waals surface area contributed by atoms with Gasteiger partial charge >= 0.3 is 0 Å². The number of aromatic nitrogens is 4. The van der Waals surface area contributed by atoms with E-state index in [-0.39, 0.29) is 24.0 Å². The fourth-order valence-electron chi connectivity index (χ4n) is 2.94. The number of aliphatic imine (C=N–C) groups is 1. The first-order valence-electron chi connectivity index (χ1n) is 9.10. The number of nitrogens with one attached hydrogen (secondary N) is 3. The number of anilines is 1. The maximum Gasteiger partial charge on any atom is 0.191 e. The highest BCUT2D eigenvalue weighted by atomic mass is 127. The molecule has 0 bridgehead atoms. The Balaban J connectivity index is 0.00000280. The molecule has 0 saturated carbocycles. The van der Waals surface area contributed by atoms with E-state index in [1.807, 2.05) is 7.05 Å². The van der Waals surface area contributed by atoms with Gasteiger partial charge in [-0.3, -0.25) is 9.67 Å². The molecule has 0 radical (unpaired) electrons. The lowest BCUT2D eigenvalue weighted by atomic mass is 10.1. The summed E-state index contributed by atoms with van der Waals surface area (Å²) >= 11 is 0. The van der Waals surface area contributed by atoms with Gasteiger partial charge in [0.2, 0.25) is 0 Å². The van der Waals surface area contributed by atoms with E-state index in [2.05, 4.69) is 67.2 Å². The third-order valence-corrected chi connectivity index (χ3v) is 4.41. The summed E-state index contributed by atoms with van der Waals surface area (Å²) in [7, 11) is 3.64. The average molecular weight is 494 g/mol. The molecule has 28 heavy (non-hydrogen) atoms. The molecular formula is C19H27IN8. The van der Waals surface area contributed by atoms with Crippen LogP contribution in [0, 0.1) is 0 Å². The van der Waals surface area contributed by atoms with Crippen LogP contribution in [0.4, 0.5) is 5.82 Å². The summed E-state index contributed by atoms with van der Waals surface area (Å²) in [6, 6.07) is 8.46. The molecule has 0 spiro atoms. The molecule has 0 aliphatic rings.